The van der Waals surface area contributed by atoms with Gasteiger partial charge in [0.2, 0.25) is 10.0 Å². The van der Waals surface area contributed by atoms with E-state index in [9.17, 15) is 8.42 Å². The average molecular weight is 286 g/mol. The van der Waals surface area contributed by atoms with Crippen molar-refractivity contribution in [2.45, 2.75) is 17.9 Å². The van der Waals surface area contributed by atoms with E-state index < -0.39 is 10.0 Å². The van der Waals surface area contributed by atoms with Crippen molar-refractivity contribution in [1.29, 1.82) is 0 Å². The second-order valence-corrected chi connectivity index (χ2v) is 7.31. The molecule has 7 heteroatoms. The third kappa shape index (κ3) is 3.17. The van der Waals surface area contributed by atoms with Gasteiger partial charge in [0.05, 0.1) is 4.90 Å². The number of aromatic nitrogens is 1. The van der Waals surface area contributed by atoms with Crippen LogP contribution in [-0.4, -0.2) is 56.3 Å². The lowest BCUT2D eigenvalue weighted by Crippen LogP contribution is -2.32. The van der Waals surface area contributed by atoms with Gasteiger partial charge in [0.25, 0.3) is 0 Å². The molecule has 1 aromatic rings. The summed E-state index contributed by atoms with van der Waals surface area (Å²) in [5.41, 5.74) is 6.21. The maximum Gasteiger partial charge on any atom is 0.244 e. The average Bonchev–Trinajstić information content (AvgIpc) is 2.98. The molecule has 0 aliphatic carbocycles. The number of nitrogens with zero attached hydrogens (tertiary/aromatic N) is 2. The maximum atomic E-state index is 12.4. The Morgan fingerprint density at radius 1 is 1.58 bits per heavy atom. The molecule has 1 fully saturated rings. The third-order valence-corrected chi connectivity index (χ3v) is 5.45. The first-order valence-electron chi connectivity index (χ1n) is 6.45. The smallest absolute Gasteiger partial charge is 0.244 e. The van der Waals surface area contributed by atoms with Crippen molar-refractivity contribution in [3.63, 3.8) is 0 Å². The first-order chi connectivity index (χ1) is 8.93. The highest BCUT2D eigenvalue weighted by Crippen LogP contribution is 2.20. The van der Waals surface area contributed by atoms with Crippen molar-refractivity contribution in [3.8, 4) is 0 Å². The summed E-state index contributed by atoms with van der Waals surface area (Å²) in [5.74, 6) is 0.415. The molecule has 6 nitrogen and oxygen atoms in total. The minimum Gasteiger partial charge on any atom is -0.363 e. The van der Waals surface area contributed by atoms with Gasteiger partial charge in [-0.15, -0.1) is 0 Å². The number of rotatable bonds is 5. The molecule has 1 atom stereocenters. The highest BCUT2D eigenvalue weighted by Gasteiger charge is 2.27. The topological polar surface area (TPSA) is 82.4 Å². The van der Waals surface area contributed by atoms with E-state index in [0.29, 0.717) is 23.9 Å². The van der Waals surface area contributed by atoms with Crippen molar-refractivity contribution in [1.82, 2.24) is 14.2 Å². The Hall–Kier alpha value is -0.890. The summed E-state index contributed by atoms with van der Waals surface area (Å²) in [4.78, 5) is 5.40. The third-order valence-electron chi connectivity index (χ3n) is 3.65. The van der Waals surface area contributed by atoms with E-state index in [-0.39, 0.29) is 0 Å². The molecular formula is C12H22N4O2S. The summed E-state index contributed by atoms with van der Waals surface area (Å²) in [6.07, 6.45) is 2.56. The van der Waals surface area contributed by atoms with Crippen LogP contribution in [0.5, 0.6) is 0 Å². The number of aromatic amines is 1. The molecular weight excluding hydrogens is 264 g/mol. The van der Waals surface area contributed by atoms with Gasteiger partial charge in [-0.1, -0.05) is 0 Å². The van der Waals surface area contributed by atoms with E-state index in [1.807, 2.05) is 0 Å². The molecule has 1 aromatic heterocycles. The Morgan fingerprint density at radius 3 is 2.84 bits per heavy atom. The lowest BCUT2D eigenvalue weighted by atomic mass is 10.1. The summed E-state index contributed by atoms with van der Waals surface area (Å²) in [5, 5.41) is 0. The van der Waals surface area contributed by atoms with Crippen LogP contribution in [0.1, 0.15) is 12.1 Å². The van der Waals surface area contributed by atoms with Crippen LogP contribution in [0, 0.1) is 5.92 Å². The van der Waals surface area contributed by atoms with Crippen LogP contribution < -0.4 is 5.73 Å². The number of H-pyrrole nitrogens is 1. The fraction of sp³-hybridized carbons (Fsp3) is 0.667. The Balaban J connectivity index is 2.06. The SMILES string of the molecule is CN1CCC(CN(C)S(=O)(=O)c2c[nH]c(CN)c2)C1. The molecule has 0 aromatic carbocycles. The van der Waals surface area contributed by atoms with E-state index >= 15 is 0 Å². The zero-order valence-electron chi connectivity index (χ0n) is 11.5. The van der Waals surface area contributed by atoms with Crippen LogP contribution in [0.4, 0.5) is 0 Å². The van der Waals surface area contributed by atoms with Gasteiger partial charge in [-0.05, 0) is 32.0 Å². The molecule has 0 radical (unpaired) electrons. The Bertz CT molecular complexity index is 526. The van der Waals surface area contributed by atoms with Crippen LogP contribution in [0.15, 0.2) is 17.2 Å². The van der Waals surface area contributed by atoms with E-state index in [1.54, 1.807) is 13.1 Å². The van der Waals surface area contributed by atoms with Gasteiger partial charge in [-0.2, -0.15) is 0 Å². The molecule has 1 aliphatic rings. The number of nitrogens with one attached hydrogen (secondary N) is 1. The van der Waals surface area contributed by atoms with Crippen molar-refractivity contribution in [2.24, 2.45) is 11.7 Å². The van der Waals surface area contributed by atoms with Gasteiger partial charge < -0.3 is 15.6 Å². The van der Waals surface area contributed by atoms with Crippen LogP contribution in [0.25, 0.3) is 0 Å². The summed E-state index contributed by atoms with van der Waals surface area (Å²) >= 11 is 0. The summed E-state index contributed by atoms with van der Waals surface area (Å²) in [6, 6.07) is 1.60. The van der Waals surface area contributed by atoms with Crippen LogP contribution in [0.3, 0.4) is 0 Å². The number of hydrogen-bond acceptors (Lipinski definition) is 4. The van der Waals surface area contributed by atoms with E-state index in [1.165, 1.54) is 10.5 Å². The quantitative estimate of drug-likeness (QED) is 0.801. The van der Waals surface area contributed by atoms with Gasteiger partial charge >= 0.3 is 0 Å². The van der Waals surface area contributed by atoms with Crippen molar-refractivity contribution in [3.05, 3.63) is 18.0 Å². The zero-order chi connectivity index (χ0) is 14.0. The molecule has 1 aliphatic heterocycles. The Labute approximate surface area is 114 Å². The monoisotopic (exact) mass is 286 g/mol. The fourth-order valence-corrected chi connectivity index (χ4v) is 3.77. The van der Waals surface area contributed by atoms with E-state index in [4.69, 9.17) is 5.73 Å². The number of sulfonamides is 1. The minimum atomic E-state index is -3.41. The summed E-state index contributed by atoms with van der Waals surface area (Å²) in [7, 11) is 0.300. The minimum absolute atomic E-state index is 0.293. The standard InChI is InChI=1S/C12H22N4O2S/c1-15-4-3-10(8-15)9-16(2)19(17,18)12-5-11(6-13)14-7-12/h5,7,10,14H,3-4,6,8-9,13H2,1-2H3. The van der Waals surface area contributed by atoms with Crippen molar-refractivity contribution in [2.75, 3.05) is 33.7 Å². The predicted molar refractivity (Wildman–Crippen MR) is 74.1 cm³/mol. The Kier molecular flexibility index (Phi) is 4.29. The number of likely N-dealkylation sites (tertiary alicyclic amines) is 1. The zero-order valence-corrected chi connectivity index (χ0v) is 12.3. The van der Waals surface area contributed by atoms with Crippen molar-refractivity contribution >= 4 is 10.0 Å². The summed E-state index contributed by atoms with van der Waals surface area (Å²) < 4.78 is 26.2. The first-order valence-corrected chi connectivity index (χ1v) is 7.89. The first kappa shape index (κ1) is 14.5. The second-order valence-electron chi connectivity index (χ2n) is 5.27. The lowest BCUT2D eigenvalue weighted by Gasteiger charge is -2.20. The molecule has 0 bridgehead atoms. The molecule has 0 amide bonds. The highest BCUT2D eigenvalue weighted by molar-refractivity contribution is 7.89. The molecule has 1 saturated heterocycles. The van der Waals surface area contributed by atoms with Gasteiger partial charge in [0.1, 0.15) is 0 Å². The normalized spacial score (nSPS) is 21.4. The molecule has 2 heterocycles. The second kappa shape index (κ2) is 5.62. The number of hydrogen-bond donors (Lipinski definition) is 2. The van der Waals surface area contributed by atoms with Gasteiger partial charge in [-0.25, -0.2) is 12.7 Å². The molecule has 3 N–H and O–H groups in total. The van der Waals surface area contributed by atoms with Gasteiger partial charge in [0.15, 0.2) is 0 Å². The molecule has 108 valence electrons. The van der Waals surface area contributed by atoms with Gasteiger partial charge in [-0.3, -0.25) is 0 Å². The lowest BCUT2D eigenvalue weighted by molar-refractivity contribution is 0.357. The molecule has 1 unspecified atom stereocenters. The van der Waals surface area contributed by atoms with E-state index in [2.05, 4.69) is 16.9 Å². The van der Waals surface area contributed by atoms with Crippen LogP contribution in [-0.2, 0) is 16.6 Å². The molecule has 19 heavy (non-hydrogen) atoms. The highest BCUT2D eigenvalue weighted by atomic mass is 32.2. The predicted octanol–water partition coefficient (Wildman–Crippen LogP) is 0.0456. The summed E-state index contributed by atoms with van der Waals surface area (Å²) in [6.45, 7) is 2.88. The van der Waals surface area contributed by atoms with Gasteiger partial charge in [0, 0.05) is 38.6 Å². The molecule has 0 saturated carbocycles. The van der Waals surface area contributed by atoms with E-state index in [0.717, 1.165) is 25.2 Å². The largest absolute Gasteiger partial charge is 0.363 e. The van der Waals surface area contributed by atoms with Crippen molar-refractivity contribution < 1.29 is 8.42 Å². The Morgan fingerprint density at radius 2 is 2.32 bits per heavy atom. The van der Waals surface area contributed by atoms with Crippen LogP contribution >= 0.6 is 0 Å². The van der Waals surface area contributed by atoms with Crippen LogP contribution in [0.2, 0.25) is 0 Å². The maximum absolute atomic E-state index is 12.4. The molecule has 0 spiro atoms. The number of nitrogens with two attached hydrogens (primary N) is 1. The molecule has 2 rings (SSSR count). The fourth-order valence-electron chi connectivity index (χ4n) is 2.50.